The van der Waals surface area contributed by atoms with Crippen LogP contribution in [0.4, 0.5) is 5.69 Å². The number of sulfonamides is 1. The molecule has 2 aromatic carbocycles. The van der Waals surface area contributed by atoms with Gasteiger partial charge >= 0.3 is 5.97 Å². The molecule has 1 atom stereocenters. The Morgan fingerprint density at radius 3 is 2.72 bits per heavy atom. The van der Waals surface area contributed by atoms with Crippen LogP contribution in [0.2, 0.25) is 0 Å². The molecular weight excluding hydrogens is 432 g/mol. The van der Waals surface area contributed by atoms with Gasteiger partial charge in [-0.1, -0.05) is 24.3 Å². The van der Waals surface area contributed by atoms with Crippen LogP contribution in [0.3, 0.4) is 0 Å². The molecule has 0 aliphatic carbocycles. The number of hydrogen-bond acceptors (Lipinski definition) is 6. The lowest BCUT2D eigenvalue weighted by Gasteiger charge is -2.24. The number of furan rings is 1. The average molecular weight is 455 g/mol. The Bertz CT molecular complexity index is 1240. The van der Waals surface area contributed by atoms with Crippen molar-refractivity contribution in [1.82, 2.24) is 5.32 Å². The third kappa shape index (κ3) is 4.38. The highest BCUT2D eigenvalue weighted by atomic mass is 32.2. The molecule has 0 bridgehead atoms. The fraction of sp³-hybridized carbons (Fsp3) is 0.217. The van der Waals surface area contributed by atoms with Crippen molar-refractivity contribution in [2.75, 3.05) is 10.9 Å². The van der Waals surface area contributed by atoms with Gasteiger partial charge in [0, 0.05) is 6.04 Å². The Kier molecular flexibility index (Phi) is 6.00. The minimum absolute atomic E-state index is 0.0160. The van der Waals surface area contributed by atoms with Gasteiger partial charge in [-0.15, -0.1) is 0 Å². The molecule has 2 heterocycles. The van der Waals surface area contributed by atoms with Gasteiger partial charge in [0.25, 0.3) is 15.9 Å². The summed E-state index contributed by atoms with van der Waals surface area (Å²) in [5.41, 5.74) is 1.64. The summed E-state index contributed by atoms with van der Waals surface area (Å²) >= 11 is 0. The lowest BCUT2D eigenvalue weighted by molar-refractivity contribution is -0.124. The number of nitrogens with one attached hydrogen (secondary N) is 1. The van der Waals surface area contributed by atoms with Gasteiger partial charge in [-0.3, -0.25) is 9.10 Å². The van der Waals surface area contributed by atoms with Crippen LogP contribution >= 0.6 is 0 Å². The predicted octanol–water partition coefficient (Wildman–Crippen LogP) is 2.89. The van der Waals surface area contributed by atoms with Gasteiger partial charge in [0.2, 0.25) is 0 Å². The van der Waals surface area contributed by atoms with E-state index >= 15 is 0 Å². The third-order valence-corrected chi connectivity index (χ3v) is 7.07. The van der Waals surface area contributed by atoms with Crippen LogP contribution in [0.25, 0.3) is 0 Å². The number of fused-ring (bicyclic) bond motifs is 1. The van der Waals surface area contributed by atoms with Gasteiger partial charge in [-0.2, -0.15) is 0 Å². The van der Waals surface area contributed by atoms with Crippen molar-refractivity contribution in [3.8, 4) is 0 Å². The molecule has 166 valence electrons. The van der Waals surface area contributed by atoms with Crippen molar-refractivity contribution in [3.63, 3.8) is 0 Å². The van der Waals surface area contributed by atoms with Crippen molar-refractivity contribution >= 4 is 27.6 Å². The smallest absolute Gasteiger partial charge is 0.338 e. The van der Waals surface area contributed by atoms with E-state index in [0.29, 0.717) is 17.9 Å². The summed E-state index contributed by atoms with van der Waals surface area (Å²) in [4.78, 5) is 24.3. The zero-order valence-corrected chi connectivity index (χ0v) is 18.2. The van der Waals surface area contributed by atoms with E-state index in [1.54, 1.807) is 24.3 Å². The molecule has 32 heavy (non-hydrogen) atoms. The third-order valence-electron chi connectivity index (χ3n) is 5.15. The first-order valence-electron chi connectivity index (χ1n) is 10.0. The maximum absolute atomic E-state index is 13.3. The first-order chi connectivity index (χ1) is 15.4. The number of anilines is 1. The highest BCUT2D eigenvalue weighted by Gasteiger charge is 2.36. The zero-order chi connectivity index (χ0) is 22.7. The van der Waals surface area contributed by atoms with Crippen LogP contribution in [0.5, 0.6) is 0 Å². The molecule has 1 N–H and O–H groups in total. The molecule has 3 aromatic rings. The minimum atomic E-state index is -3.89. The van der Waals surface area contributed by atoms with Crippen LogP contribution < -0.4 is 9.62 Å². The van der Waals surface area contributed by atoms with Crippen LogP contribution in [0.15, 0.2) is 76.2 Å². The maximum atomic E-state index is 13.3. The first kappa shape index (κ1) is 21.6. The number of para-hydroxylation sites is 1. The highest BCUT2D eigenvalue weighted by Crippen LogP contribution is 2.36. The molecule has 1 aliphatic rings. The second-order valence-electron chi connectivity index (χ2n) is 7.44. The molecular formula is C23H22N2O6S. The number of ether oxygens (including phenoxy) is 1. The molecule has 0 spiro atoms. The summed E-state index contributed by atoms with van der Waals surface area (Å²) < 4.78 is 38.2. The Labute approximate surface area is 185 Å². The van der Waals surface area contributed by atoms with E-state index in [1.807, 2.05) is 19.1 Å². The molecule has 0 fully saturated rings. The van der Waals surface area contributed by atoms with Crippen molar-refractivity contribution in [1.29, 1.82) is 0 Å². The lowest BCUT2D eigenvalue weighted by Crippen LogP contribution is -2.35. The van der Waals surface area contributed by atoms with Crippen molar-refractivity contribution in [2.24, 2.45) is 0 Å². The summed E-state index contributed by atoms with van der Waals surface area (Å²) in [6.07, 6.45) is 2.11. The van der Waals surface area contributed by atoms with E-state index in [-0.39, 0.29) is 23.0 Å². The Morgan fingerprint density at radius 2 is 1.94 bits per heavy atom. The molecule has 0 unspecified atom stereocenters. The standard InChI is InChI=1S/C23H22N2O6S/c1-16-12-17-6-2-3-10-21(17)25(16)32(28,29)20-9-4-7-18(13-20)23(27)31-15-22(26)24-14-19-8-5-11-30-19/h2-11,13,16H,12,14-15H2,1H3,(H,24,26)/t16-/m0/s1. The zero-order valence-electron chi connectivity index (χ0n) is 17.4. The van der Waals surface area contributed by atoms with Gasteiger partial charge in [0.05, 0.1) is 29.0 Å². The molecule has 0 radical (unpaired) electrons. The van der Waals surface area contributed by atoms with Crippen molar-refractivity contribution in [2.45, 2.75) is 30.8 Å². The molecule has 1 aromatic heterocycles. The topological polar surface area (TPSA) is 106 Å². The first-order valence-corrected chi connectivity index (χ1v) is 11.5. The van der Waals surface area contributed by atoms with Crippen LogP contribution in [-0.2, 0) is 32.5 Å². The SMILES string of the molecule is C[C@H]1Cc2ccccc2N1S(=O)(=O)c1cccc(C(=O)OCC(=O)NCc2ccco2)c1. The summed E-state index contributed by atoms with van der Waals surface area (Å²) in [7, 11) is -3.89. The molecule has 4 rings (SSSR count). The second kappa shape index (κ2) is 8.88. The van der Waals surface area contributed by atoms with E-state index < -0.39 is 28.5 Å². The summed E-state index contributed by atoms with van der Waals surface area (Å²) in [6, 6.07) is 16.2. The lowest BCUT2D eigenvalue weighted by atomic mass is 10.1. The van der Waals surface area contributed by atoms with Gasteiger partial charge in [0.1, 0.15) is 5.76 Å². The Morgan fingerprint density at radius 1 is 1.12 bits per heavy atom. The van der Waals surface area contributed by atoms with Crippen LogP contribution in [0, 0.1) is 0 Å². The second-order valence-corrected chi connectivity index (χ2v) is 9.26. The number of rotatable bonds is 7. The van der Waals surface area contributed by atoms with Crippen LogP contribution in [-0.4, -0.2) is 32.9 Å². The predicted molar refractivity (Wildman–Crippen MR) is 117 cm³/mol. The fourth-order valence-corrected chi connectivity index (χ4v) is 5.40. The molecule has 0 saturated carbocycles. The number of hydrogen-bond donors (Lipinski definition) is 1. The van der Waals surface area contributed by atoms with E-state index in [0.717, 1.165) is 5.56 Å². The van der Waals surface area contributed by atoms with Gasteiger partial charge in [0.15, 0.2) is 6.61 Å². The maximum Gasteiger partial charge on any atom is 0.338 e. The normalized spacial score (nSPS) is 15.3. The number of esters is 1. The molecule has 1 aliphatic heterocycles. The number of carbonyl (C=O) groups is 2. The van der Waals surface area contributed by atoms with Crippen molar-refractivity contribution in [3.05, 3.63) is 83.8 Å². The largest absolute Gasteiger partial charge is 0.467 e. The van der Waals surface area contributed by atoms with Gasteiger partial charge < -0.3 is 14.5 Å². The highest BCUT2D eigenvalue weighted by molar-refractivity contribution is 7.92. The number of benzene rings is 2. The summed E-state index contributed by atoms with van der Waals surface area (Å²) in [5, 5.41) is 2.57. The molecule has 1 amide bonds. The quantitative estimate of drug-likeness (QED) is 0.551. The van der Waals surface area contributed by atoms with Gasteiger partial charge in [-0.25, -0.2) is 13.2 Å². The molecule has 0 saturated heterocycles. The van der Waals surface area contributed by atoms with E-state index in [9.17, 15) is 18.0 Å². The van der Waals surface area contributed by atoms with Crippen LogP contribution in [0.1, 0.15) is 28.6 Å². The van der Waals surface area contributed by atoms with E-state index in [4.69, 9.17) is 9.15 Å². The average Bonchev–Trinajstić information content (AvgIpc) is 3.43. The molecule has 8 nitrogen and oxygen atoms in total. The fourth-order valence-electron chi connectivity index (χ4n) is 3.66. The Balaban J connectivity index is 1.45. The monoisotopic (exact) mass is 454 g/mol. The van der Waals surface area contributed by atoms with E-state index in [1.165, 1.54) is 34.8 Å². The number of amides is 1. The summed E-state index contributed by atoms with van der Waals surface area (Å²) in [6.45, 7) is 1.52. The number of carbonyl (C=O) groups excluding carboxylic acids is 2. The van der Waals surface area contributed by atoms with Gasteiger partial charge in [-0.05, 0) is 55.3 Å². The van der Waals surface area contributed by atoms with Crippen molar-refractivity contribution < 1.29 is 27.2 Å². The van der Waals surface area contributed by atoms with E-state index in [2.05, 4.69) is 5.32 Å². The number of nitrogens with zero attached hydrogens (tertiary/aromatic N) is 1. The molecule has 9 heteroatoms. The minimum Gasteiger partial charge on any atom is -0.467 e. The summed E-state index contributed by atoms with van der Waals surface area (Å²) in [5.74, 6) is -0.716. The Hall–Kier alpha value is -3.59.